The summed E-state index contributed by atoms with van der Waals surface area (Å²) in [7, 11) is 0. The molecule has 0 N–H and O–H groups in total. The monoisotopic (exact) mass is 742 g/mol. The highest BCUT2D eigenvalue weighted by atomic mass is 32.1. The van der Waals surface area contributed by atoms with Crippen molar-refractivity contribution in [3.63, 3.8) is 0 Å². The normalized spacial score (nSPS) is 11.9. The van der Waals surface area contributed by atoms with Crippen LogP contribution in [0.4, 0.5) is 0 Å². The fourth-order valence-corrected chi connectivity index (χ4v) is 10.3. The van der Waals surface area contributed by atoms with E-state index in [1.165, 1.54) is 109 Å². The van der Waals surface area contributed by atoms with Crippen LogP contribution in [0.3, 0.4) is 0 Å². The van der Waals surface area contributed by atoms with E-state index in [4.69, 9.17) is 0 Å². The van der Waals surface area contributed by atoms with Gasteiger partial charge in [0.25, 0.3) is 0 Å². The number of fused-ring (bicyclic) bond motifs is 9. The molecular weight excluding hydrogens is 709 g/mol. The summed E-state index contributed by atoms with van der Waals surface area (Å²) in [6.45, 7) is 0. The number of para-hydroxylation sites is 3. The molecule has 266 valence electrons. The van der Waals surface area contributed by atoms with Gasteiger partial charge in [0.1, 0.15) is 0 Å². The van der Waals surface area contributed by atoms with E-state index in [1.54, 1.807) is 0 Å². The third-order valence-corrected chi connectivity index (χ3v) is 12.8. The molecule has 12 aromatic rings. The van der Waals surface area contributed by atoms with Crippen LogP contribution in [0.5, 0.6) is 0 Å². The van der Waals surface area contributed by atoms with Crippen LogP contribution in [0.1, 0.15) is 0 Å². The first-order valence-electron chi connectivity index (χ1n) is 19.5. The second-order valence-electron chi connectivity index (χ2n) is 14.9. The zero-order valence-electron chi connectivity index (χ0n) is 30.9. The van der Waals surface area contributed by atoms with Crippen molar-refractivity contribution >= 4 is 75.1 Å². The van der Waals surface area contributed by atoms with Gasteiger partial charge in [0.2, 0.25) is 0 Å². The van der Waals surface area contributed by atoms with Crippen molar-refractivity contribution in [2.45, 2.75) is 0 Å². The summed E-state index contributed by atoms with van der Waals surface area (Å²) in [4.78, 5) is 0. The van der Waals surface area contributed by atoms with Crippen molar-refractivity contribution in [1.29, 1.82) is 0 Å². The lowest BCUT2D eigenvalue weighted by Crippen LogP contribution is -1.93. The number of benzene rings is 9. The molecule has 0 atom stereocenters. The van der Waals surface area contributed by atoms with Gasteiger partial charge >= 0.3 is 0 Å². The molecule has 0 aliphatic carbocycles. The number of thiophene rings is 1. The van der Waals surface area contributed by atoms with E-state index in [1.807, 2.05) is 11.3 Å². The van der Waals surface area contributed by atoms with Crippen LogP contribution in [-0.2, 0) is 0 Å². The lowest BCUT2D eigenvalue weighted by atomic mass is 9.98. The summed E-state index contributed by atoms with van der Waals surface area (Å²) in [6, 6.07) is 75.6. The predicted molar refractivity (Wildman–Crippen MR) is 244 cm³/mol. The van der Waals surface area contributed by atoms with Crippen molar-refractivity contribution in [3.05, 3.63) is 206 Å². The summed E-state index contributed by atoms with van der Waals surface area (Å²) in [5.41, 5.74) is 14.6. The van der Waals surface area contributed by atoms with Gasteiger partial charge in [-0.15, -0.1) is 11.3 Å². The SMILES string of the molecule is c1ccc(-c2ccc3c(c2)c2cc(-c4ccc5c(c4)sc4cc(-c6cccc7c6c6ccccc6n7-c6ccccc6)ccc45)ccc2n3-c2ccccc2)cc1. The first-order valence-corrected chi connectivity index (χ1v) is 20.3. The van der Waals surface area contributed by atoms with Crippen LogP contribution >= 0.6 is 11.3 Å². The molecule has 0 aliphatic heterocycles. The molecule has 3 aromatic heterocycles. The zero-order chi connectivity index (χ0) is 37.5. The van der Waals surface area contributed by atoms with Crippen LogP contribution in [0.15, 0.2) is 206 Å². The Morgan fingerprint density at radius 3 is 1.42 bits per heavy atom. The highest BCUT2D eigenvalue weighted by Crippen LogP contribution is 2.43. The molecule has 12 rings (SSSR count). The smallest absolute Gasteiger partial charge is 0.0547 e. The Labute approximate surface area is 333 Å². The molecule has 0 saturated heterocycles. The average molecular weight is 743 g/mol. The van der Waals surface area contributed by atoms with E-state index < -0.39 is 0 Å². The highest BCUT2D eigenvalue weighted by Gasteiger charge is 2.18. The molecule has 9 aromatic carbocycles. The first-order chi connectivity index (χ1) is 28.3. The summed E-state index contributed by atoms with van der Waals surface area (Å²) in [5, 5.41) is 7.69. The Morgan fingerprint density at radius 2 is 0.754 bits per heavy atom. The van der Waals surface area contributed by atoms with Crippen molar-refractivity contribution in [1.82, 2.24) is 9.13 Å². The predicted octanol–water partition coefficient (Wildman–Crippen LogP) is 15.2. The number of rotatable bonds is 5. The van der Waals surface area contributed by atoms with Crippen LogP contribution in [0, 0.1) is 0 Å². The summed E-state index contributed by atoms with van der Waals surface area (Å²) < 4.78 is 7.40. The molecule has 2 nitrogen and oxygen atoms in total. The van der Waals surface area contributed by atoms with E-state index in [-0.39, 0.29) is 0 Å². The fraction of sp³-hybridized carbons (Fsp3) is 0. The molecule has 0 saturated carbocycles. The van der Waals surface area contributed by atoms with E-state index >= 15 is 0 Å². The van der Waals surface area contributed by atoms with Gasteiger partial charge in [-0.3, -0.25) is 0 Å². The molecular formula is C54H34N2S. The summed E-state index contributed by atoms with van der Waals surface area (Å²) in [5.74, 6) is 0. The third-order valence-electron chi connectivity index (χ3n) is 11.7. The van der Waals surface area contributed by atoms with Gasteiger partial charge < -0.3 is 9.13 Å². The molecule has 0 radical (unpaired) electrons. The molecule has 0 spiro atoms. The lowest BCUT2D eigenvalue weighted by Gasteiger charge is -2.09. The first kappa shape index (κ1) is 32.1. The Bertz CT molecular complexity index is 3500. The Balaban J connectivity index is 0.990. The molecule has 3 heteroatoms. The number of hydrogen-bond donors (Lipinski definition) is 0. The van der Waals surface area contributed by atoms with Gasteiger partial charge in [-0.2, -0.15) is 0 Å². The van der Waals surface area contributed by atoms with Crippen molar-refractivity contribution in [2.75, 3.05) is 0 Å². The lowest BCUT2D eigenvalue weighted by molar-refractivity contribution is 1.18. The van der Waals surface area contributed by atoms with Crippen LogP contribution in [0.25, 0.3) is 109 Å². The highest BCUT2D eigenvalue weighted by molar-refractivity contribution is 7.25. The fourth-order valence-electron chi connectivity index (χ4n) is 9.11. The molecule has 0 amide bonds. The maximum Gasteiger partial charge on any atom is 0.0547 e. The van der Waals surface area contributed by atoms with Gasteiger partial charge in [0.15, 0.2) is 0 Å². The largest absolute Gasteiger partial charge is 0.309 e. The average Bonchev–Trinajstić information content (AvgIpc) is 3.93. The second-order valence-corrected chi connectivity index (χ2v) is 16.0. The Morgan fingerprint density at radius 1 is 0.281 bits per heavy atom. The van der Waals surface area contributed by atoms with Gasteiger partial charge in [-0.05, 0) is 106 Å². The molecule has 0 fully saturated rings. The van der Waals surface area contributed by atoms with Crippen molar-refractivity contribution < 1.29 is 0 Å². The Kier molecular flexibility index (Phi) is 7.13. The van der Waals surface area contributed by atoms with Gasteiger partial charge in [-0.1, -0.05) is 133 Å². The van der Waals surface area contributed by atoms with Crippen molar-refractivity contribution in [2.24, 2.45) is 0 Å². The maximum atomic E-state index is 2.40. The van der Waals surface area contributed by atoms with Crippen molar-refractivity contribution in [3.8, 4) is 44.8 Å². The number of hydrogen-bond acceptors (Lipinski definition) is 1. The van der Waals surface area contributed by atoms with E-state index in [0.29, 0.717) is 0 Å². The Hall–Kier alpha value is -7.20. The third kappa shape index (κ3) is 5.03. The van der Waals surface area contributed by atoms with Crippen LogP contribution < -0.4 is 0 Å². The maximum absolute atomic E-state index is 2.40. The van der Waals surface area contributed by atoms with E-state index in [9.17, 15) is 0 Å². The second kappa shape index (κ2) is 12.7. The number of aromatic nitrogens is 2. The zero-order valence-corrected chi connectivity index (χ0v) is 31.7. The topological polar surface area (TPSA) is 9.86 Å². The molecule has 3 heterocycles. The molecule has 0 bridgehead atoms. The van der Waals surface area contributed by atoms with Crippen LogP contribution in [-0.4, -0.2) is 9.13 Å². The minimum Gasteiger partial charge on any atom is -0.309 e. The minimum absolute atomic E-state index is 1.17. The van der Waals surface area contributed by atoms with Crippen LogP contribution in [0.2, 0.25) is 0 Å². The number of nitrogens with zero attached hydrogens (tertiary/aromatic N) is 2. The molecule has 0 unspecified atom stereocenters. The molecule has 57 heavy (non-hydrogen) atoms. The van der Waals surface area contributed by atoms with Gasteiger partial charge in [0.05, 0.1) is 22.1 Å². The minimum atomic E-state index is 1.17. The molecule has 0 aliphatic rings. The van der Waals surface area contributed by atoms with E-state index in [2.05, 4.69) is 215 Å². The van der Waals surface area contributed by atoms with Gasteiger partial charge in [-0.25, -0.2) is 0 Å². The summed E-state index contributed by atoms with van der Waals surface area (Å²) >= 11 is 1.89. The quantitative estimate of drug-likeness (QED) is 0.166. The standard InChI is InChI=1S/C54H34N2S/c1-4-13-35(14-5-1)36-25-29-49-46(31-36)47-32-37(26-30-50(47)55(49)40-15-6-2-7-16-40)38-23-27-43-44-28-24-39(34-53(44)57-52(43)33-38)42-20-12-22-51-54(42)45-19-10-11-21-48(45)56(51)41-17-8-3-9-18-41/h1-34H. The summed E-state index contributed by atoms with van der Waals surface area (Å²) in [6.07, 6.45) is 0. The van der Waals surface area contributed by atoms with Gasteiger partial charge in [0, 0.05) is 53.1 Å². The van der Waals surface area contributed by atoms with E-state index in [0.717, 1.165) is 0 Å².